The molecule has 3 amide bonds. The molecular formula is C22H32FN5O4. The zero-order valence-electron chi connectivity index (χ0n) is 18.3. The zero-order chi connectivity index (χ0) is 23.9. The maximum Gasteiger partial charge on any atom is 0.243 e. The Bertz CT molecular complexity index is 785. The first kappa shape index (κ1) is 26.9. The molecule has 0 aliphatic carbocycles. The van der Waals surface area contributed by atoms with E-state index >= 15 is 0 Å². The van der Waals surface area contributed by atoms with E-state index in [0.717, 1.165) is 0 Å². The van der Waals surface area contributed by atoms with Crippen LogP contribution in [0.3, 0.4) is 0 Å². The fraction of sp³-hybridized carbons (Fsp3) is 0.500. The van der Waals surface area contributed by atoms with Crippen LogP contribution < -0.4 is 21.7 Å². The molecule has 0 bridgehead atoms. The van der Waals surface area contributed by atoms with Gasteiger partial charge in [-0.05, 0) is 49.9 Å². The van der Waals surface area contributed by atoms with Crippen LogP contribution in [0.4, 0.5) is 4.39 Å². The van der Waals surface area contributed by atoms with Crippen molar-refractivity contribution in [2.45, 2.75) is 64.1 Å². The number of nitrogens with one attached hydrogen (secondary N) is 4. The molecule has 0 aliphatic heterocycles. The number of hydrogen-bond donors (Lipinski definition) is 5. The van der Waals surface area contributed by atoms with Crippen molar-refractivity contribution in [2.24, 2.45) is 5.73 Å². The highest BCUT2D eigenvalue weighted by Crippen LogP contribution is 2.06. The number of halogens is 1. The van der Waals surface area contributed by atoms with Gasteiger partial charge in [-0.2, -0.15) is 0 Å². The number of benzene rings is 1. The predicted octanol–water partition coefficient (Wildman–Crippen LogP) is 0.949. The lowest BCUT2D eigenvalue weighted by Crippen LogP contribution is -2.53. The normalized spacial score (nSPS) is 12.3. The SMILES string of the molecule is CCC(=O)N[C@@H](CCCCN)C(=O)N[C@@H](CCC(=O)C=N)C(=O)NCc1ccc(F)cc1. The molecule has 0 heterocycles. The molecule has 9 nitrogen and oxygen atoms in total. The summed E-state index contributed by atoms with van der Waals surface area (Å²) in [5.41, 5.74) is 6.16. The topological polar surface area (TPSA) is 154 Å². The molecule has 1 aromatic rings. The summed E-state index contributed by atoms with van der Waals surface area (Å²) >= 11 is 0. The number of rotatable bonds is 15. The van der Waals surface area contributed by atoms with Crippen molar-refractivity contribution in [1.29, 1.82) is 5.41 Å². The molecule has 10 heteroatoms. The van der Waals surface area contributed by atoms with Crippen molar-refractivity contribution in [3.63, 3.8) is 0 Å². The van der Waals surface area contributed by atoms with Crippen LogP contribution in [-0.2, 0) is 25.7 Å². The lowest BCUT2D eigenvalue weighted by Gasteiger charge is -2.23. The van der Waals surface area contributed by atoms with Gasteiger partial charge >= 0.3 is 0 Å². The molecule has 1 rings (SSSR count). The fourth-order valence-corrected chi connectivity index (χ4v) is 2.87. The molecule has 2 atom stereocenters. The maximum atomic E-state index is 13.0. The lowest BCUT2D eigenvalue weighted by atomic mass is 10.0. The van der Waals surface area contributed by atoms with Crippen LogP contribution in [-0.4, -0.2) is 48.3 Å². The van der Waals surface area contributed by atoms with Gasteiger partial charge < -0.3 is 27.1 Å². The molecular weight excluding hydrogens is 417 g/mol. The van der Waals surface area contributed by atoms with Crippen LogP contribution in [0.25, 0.3) is 0 Å². The van der Waals surface area contributed by atoms with Gasteiger partial charge in [-0.25, -0.2) is 4.39 Å². The first-order valence-electron chi connectivity index (χ1n) is 10.7. The Kier molecular flexibility index (Phi) is 12.4. The molecule has 0 aliphatic rings. The van der Waals surface area contributed by atoms with Crippen LogP contribution >= 0.6 is 0 Å². The minimum absolute atomic E-state index is 0.00749. The van der Waals surface area contributed by atoms with Gasteiger partial charge in [0.2, 0.25) is 17.7 Å². The van der Waals surface area contributed by atoms with Crippen molar-refractivity contribution in [3.05, 3.63) is 35.6 Å². The molecule has 0 saturated carbocycles. The third-order valence-electron chi connectivity index (χ3n) is 4.77. The Morgan fingerprint density at radius 1 is 1.03 bits per heavy atom. The third kappa shape index (κ3) is 10.3. The summed E-state index contributed by atoms with van der Waals surface area (Å²) in [6.07, 6.45) is 2.41. The number of nitrogens with two attached hydrogens (primary N) is 1. The quantitative estimate of drug-likeness (QED) is 0.199. The van der Waals surface area contributed by atoms with E-state index in [-0.39, 0.29) is 31.7 Å². The van der Waals surface area contributed by atoms with Crippen LogP contribution in [0.1, 0.15) is 51.0 Å². The van der Waals surface area contributed by atoms with Crippen molar-refractivity contribution in [3.8, 4) is 0 Å². The van der Waals surface area contributed by atoms with Crippen molar-refractivity contribution in [2.75, 3.05) is 6.54 Å². The van der Waals surface area contributed by atoms with Crippen molar-refractivity contribution < 1.29 is 23.6 Å². The highest BCUT2D eigenvalue weighted by Gasteiger charge is 2.26. The molecule has 0 saturated heterocycles. The first-order chi connectivity index (χ1) is 15.3. The molecule has 32 heavy (non-hydrogen) atoms. The van der Waals surface area contributed by atoms with Crippen LogP contribution in [0.5, 0.6) is 0 Å². The van der Waals surface area contributed by atoms with Crippen molar-refractivity contribution >= 4 is 29.7 Å². The van der Waals surface area contributed by atoms with Gasteiger partial charge in [0.1, 0.15) is 17.9 Å². The average Bonchev–Trinajstić information content (AvgIpc) is 2.79. The standard InChI is InChI=1S/C22H32FN5O4/c1-2-20(30)27-18(5-3-4-12-24)22(32)28-19(11-10-17(29)13-25)21(31)26-14-15-6-8-16(23)9-7-15/h6-9,13,18-19,25H,2-5,10-12,14,24H2,1H3,(H,26,31)(H,27,30)(H,28,32)/t18-,19-/m0/s1. The van der Waals surface area contributed by atoms with E-state index in [1.54, 1.807) is 6.92 Å². The maximum absolute atomic E-state index is 13.0. The summed E-state index contributed by atoms with van der Waals surface area (Å²) in [5, 5.41) is 14.9. The highest BCUT2D eigenvalue weighted by atomic mass is 19.1. The van der Waals surface area contributed by atoms with Crippen LogP contribution in [0.15, 0.2) is 24.3 Å². The summed E-state index contributed by atoms with van der Waals surface area (Å²) in [6, 6.07) is 3.71. The zero-order valence-corrected chi connectivity index (χ0v) is 18.3. The monoisotopic (exact) mass is 449 g/mol. The summed E-state index contributed by atoms with van der Waals surface area (Å²) < 4.78 is 13.0. The molecule has 0 unspecified atom stereocenters. The second-order valence-electron chi connectivity index (χ2n) is 7.31. The molecule has 0 aromatic heterocycles. The number of carbonyl (C=O) groups excluding carboxylic acids is 4. The molecule has 0 fully saturated rings. The minimum Gasteiger partial charge on any atom is -0.350 e. The second kappa shape index (κ2) is 14.8. The van der Waals surface area contributed by atoms with Crippen molar-refractivity contribution in [1.82, 2.24) is 16.0 Å². The Morgan fingerprint density at radius 2 is 1.69 bits per heavy atom. The Morgan fingerprint density at radius 3 is 2.28 bits per heavy atom. The number of amides is 3. The fourth-order valence-electron chi connectivity index (χ4n) is 2.87. The minimum atomic E-state index is -1.04. The summed E-state index contributed by atoms with van der Waals surface area (Å²) in [7, 11) is 0. The predicted molar refractivity (Wildman–Crippen MR) is 118 cm³/mol. The Hall–Kier alpha value is -3.14. The van der Waals surface area contributed by atoms with E-state index in [4.69, 9.17) is 11.1 Å². The number of unbranched alkanes of at least 4 members (excludes halogenated alkanes) is 1. The average molecular weight is 450 g/mol. The number of hydrogen-bond acceptors (Lipinski definition) is 6. The van der Waals surface area contributed by atoms with E-state index in [1.165, 1.54) is 24.3 Å². The molecule has 6 N–H and O–H groups in total. The molecule has 1 aromatic carbocycles. The van der Waals surface area contributed by atoms with Crippen LogP contribution in [0, 0.1) is 11.2 Å². The number of ketones is 1. The lowest BCUT2D eigenvalue weighted by molar-refractivity contribution is -0.132. The highest BCUT2D eigenvalue weighted by molar-refractivity contribution is 6.26. The van der Waals surface area contributed by atoms with E-state index in [1.807, 2.05) is 0 Å². The number of Topliss-reactive ketones (excluding diaryl/α,β-unsaturated/α-hetero) is 1. The molecule has 0 spiro atoms. The first-order valence-corrected chi connectivity index (χ1v) is 10.7. The van der Waals surface area contributed by atoms with Gasteiger partial charge in [-0.1, -0.05) is 19.1 Å². The van der Waals surface area contributed by atoms with Gasteiger partial charge in [0.25, 0.3) is 0 Å². The second-order valence-corrected chi connectivity index (χ2v) is 7.31. The van der Waals surface area contributed by atoms with Gasteiger partial charge in [-0.15, -0.1) is 0 Å². The van der Waals surface area contributed by atoms with E-state index in [2.05, 4.69) is 16.0 Å². The van der Waals surface area contributed by atoms with Crippen LogP contribution in [0.2, 0.25) is 0 Å². The third-order valence-corrected chi connectivity index (χ3v) is 4.77. The molecule has 176 valence electrons. The Balaban J connectivity index is 2.85. The van der Waals surface area contributed by atoms with Gasteiger partial charge in [0.15, 0.2) is 5.78 Å². The summed E-state index contributed by atoms with van der Waals surface area (Å²) in [5.74, 6) is -2.23. The Labute approximate surface area is 187 Å². The van der Waals surface area contributed by atoms with E-state index in [9.17, 15) is 23.6 Å². The van der Waals surface area contributed by atoms with Gasteiger partial charge in [-0.3, -0.25) is 19.2 Å². The summed E-state index contributed by atoms with van der Waals surface area (Å²) in [4.78, 5) is 48.9. The largest absolute Gasteiger partial charge is 0.350 e. The van der Waals surface area contributed by atoms with E-state index < -0.39 is 35.5 Å². The smallest absolute Gasteiger partial charge is 0.243 e. The van der Waals surface area contributed by atoms with Gasteiger partial charge in [0, 0.05) is 19.4 Å². The van der Waals surface area contributed by atoms with Gasteiger partial charge in [0.05, 0.1) is 6.21 Å². The number of carbonyl (C=O) groups is 4. The van der Waals surface area contributed by atoms with E-state index in [0.29, 0.717) is 37.6 Å². The summed E-state index contributed by atoms with van der Waals surface area (Å²) in [6.45, 7) is 2.23. The molecule has 0 radical (unpaired) electrons.